The highest BCUT2D eigenvalue weighted by molar-refractivity contribution is 7.88. The van der Waals surface area contributed by atoms with Gasteiger partial charge >= 0.3 is 0 Å². The van der Waals surface area contributed by atoms with Crippen molar-refractivity contribution >= 4 is 32.4 Å². The number of anilines is 2. The maximum absolute atomic E-state index is 11.7. The van der Waals surface area contributed by atoms with Crippen molar-refractivity contribution in [2.24, 2.45) is 0 Å². The summed E-state index contributed by atoms with van der Waals surface area (Å²) in [5, 5.41) is 1.08. The Hall–Kier alpha value is -1.93. The van der Waals surface area contributed by atoms with Crippen LogP contribution in [0.25, 0.3) is 10.9 Å². The van der Waals surface area contributed by atoms with Crippen molar-refractivity contribution in [2.75, 3.05) is 55.3 Å². The number of rotatable bonds is 3. The highest BCUT2D eigenvalue weighted by Crippen LogP contribution is 2.30. The number of nitrogens with zero attached hydrogens (tertiary/aromatic N) is 5. The van der Waals surface area contributed by atoms with E-state index < -0.39 is 10.0 Å². The van der Waals surface area contributed by atoms with Crippen LogP contribution >= 0.6 is 0 Å². The normalized spacial score (nSPS) is 19.7. The fourth-order valence-corrected chi connectivity index (χ4v) is 4.51. The number of aromatic nitrogens is 2. The minimum absolute atomic E-state index is 0.529. The molecule has 2 saturated heterocycles. The number of sulfonamides is 1. The van der Waals surface area contributed by atoms with Crippen LogP contribution in [0.3, 0.4) is 0 Å². The van der Waals surface area contributed by atoms with Crippen molar-refractivity contribution < 1.29 is 8.42 Å². The smallest absolute Gasteiger partial charge is 0.211 e. The third-order valence-electron chi connectivity index (χ3n) is 5.08. The Balaban J connectivity index is 1.62. The molecule has 2 aliphatic heterocycles. The predicted octanol–water partition coefficient (Wildman–Crippen LogP) is 1.31. The van der Waals surface area contributed by atoms with Gasteiger partial charge in [-0.1, -0.05) is 0 Å². The average molecular weight is 361 g/mol. The fraction of sp³-hybridized carbons (Fsp3) is 0.529. The van der Waals surface area contributed by atoms with E-state index in [1.165, 1.54) is 19.1 Å². The monoisotopic (exact) mass is 361 g/mol. The van der Waals surface area contributed by atoms with E-state index in [2.05, 4.69) is 31.9 Å². The zero-order chi connectivity index (χ0) is 17.4. The first-order valence-corrected chi connectivity index (χ1v) is 10.6. The summed E-state index contributed by atoms with van der Waals surface area (Å²) in [5.74, 6) is 1.01. The summed E-state index contributed by atoms with van der Waals surface area (Å²) >= 11 is 0. The molecule has 25 heavy (non-hydrogen) atoms. The molecule has 0 aliphatic carbocycles. The summed E-state index contributed by atoms with van der Waals surface area (Å²) < 4.78 is 24.9. The Morgan fingerprint density at radius 2 is 1.64 bits per heavy atom. The number of hydrogen-bond donors (Lipinski definition) is 0. The van der Waals surface area contributed by atoms with Gasteiger partial charge in [-0.2, -0.15) is 4.31 Å². The van der Waals surface area contributed by atoms with Crippen LogP contribution in [0, 0.1) is 0 Å². The van der Waals surface area contributed by atoms with E-state index in [9.17, 15) is 8.42 Å². The molecule has 0 atom stereocenters. The van der Waals surface area contributed by atoms with E-state index >= 15 is 0 Å². The summed E-state index contributed by atoms with van der Waals surface area (Å²) in [5.41, 5.74) is 2.06. The maximum Gasteiger partial charge on any atom is 0.211 e. The second-order valence-corrected chi connectivity index (χ2v) is 8.72. The molecule has 0 bridgehead atoms. The molecule has 2 fully saturated rings. The molecular weight excluding hydrogens is 338 g/mol. The third-order valence-corrected chi connectivity index (χ3v) is 6.38. The van der Waals surface area contributed by atoms with Gasteiger partial charge in [0, 0.05) is 50.3 Å². The van der Waals surface area contributed by atoms with Crippen LogP contribution in [0.5, 0.6) is 0 Å². The molecule has 4 rings (SSSR count). The van der Waals surface area contributed by atoms with Gasteiger partial charge in [-0.25, -0.2) is 18.4 Å². The molecule has 0 unspecified atom stereocenters. The van der Waals surface area contributed by atoms with E-state index in [1.807, 2.05) is 6.07 Å². The molecule has 0 saturated carbocycles. The summed E-state index contributed by atoms with van der Waals surface area (Å²) in [4.78, 5) is 13.5. The Morgan fingerprint density at radius 3 is 2.32 bits per heavy atom. The van der Waals surface area contributed by atoms with Crippen LogP contribution in [0.15, 0.2) is 24.5 Å². The third kappa shape index (κ3) is 3.28. The van der Waals surface area contributed by atoms with Crippen LogP contribution in [0.4, 0.5) is 11.5 Å². The van der Waals surface area contributed by atoms with Crippen molar-refractivity contribution in [3.8, 4) is 0 Å². The zero-order valence-electron chi connectivity index (χ0n) is 14.4. The van der Waals surface area contributed by atoms with Gasteiger partial charge in [-0.05, 0) is 31.0 Å². The summed E-state index contributed by atoms with van der Waals surface area (Å²) in [6.45, 7) is 4.55. The van der Waals surface area contributed by atoms with Crippen molar-refractivity contribution in [3.05, 3.63) is 24.5 Å². The Labute approximate surface area is 148 Å². The highest BCUT2D eigenvalue weighted by atomic mass is 32.2. The lowest BCUT2D eigenvalue weighted by atomic mass is 10.1. The van der Waals surface area contributed by atoms with E-state index in [0.29, 0.717) is 26.2 Å². The molecule has 3 heterocycles. The molecular formula is C17H23N5O2S. The average Bonchev–Trinajstić information content (AvgIpc) is 3.14. The van der Waals surface area contributed by atoms with E-state index in [1.54, 1.807) is 10.6 Å². The minimum atomic E-state index is -3.10. The molecule has 1 aromatic carbocycles. The van der Waals surface area contributed by atoms with Crippen molar-refractivity contribution in [1.29, 1.82) is 0 Å². The van der Waals surface area contributed by atoms with Gasteiger partial charge in [0.15, 0.2) is 0 Å². The largest absolute Gasteiger partial charge is 0.369 e. The van der Waals surface area contributed by atoms with Gasteiger partial charge in [0.25, 0.3) is 0 Å². The van der Waals surface area contributed by atoms with Crippen LogP contribution in [0.1, 0.15) is 12.8 Å². The lowest BCUT2D eigenvalue weighted by Crippen LogP contribution is -2.48. The molecule has 2 aliphatic rings. The van der Waals surface area contributed by atoms with Crippen molar-refractivity contribution in [2.45, 2.75) is 12.8 Å². The number of benzene rings is 1. The van der Waals surface area contributed by atoms with Crippen LogP contribution in [-0.2, 0) is 10.0 Å². The lowest BCUT2D eigenvalue weighted by Gasteiger charge is -2.35. The molecule has 8 heteroatoms. The summed E-state index contributed by atoms with van der Waals surface area (Å²) in [7, 11) is -3.10. The second kappa shape index (κ2) is 6.42. The maximum atomic E-state index is 11.7. The molecule has 0 amide bonds. The van der Waals surface area contributed by atoms with Crippen LogP contribution < -0.4 is 9.80 Å². The summed E-state index contributed by atoms with van der Waals surface area (Å²) in [6.07, 6.45) is 5.33. The molecule has 7 nitrogen and oxygen atoms in total. The molecule has 134 valence electrons. The molecule has 0 N–H and O–H groups in total. The first-order chi connectivity index (χ1) is 12.0. The molecule has 0 spiro atoms. The van der Waals surface area contributed by atoms with E-state index in [-0.39, 0.29) is 0 Å². The van der Waals surface area contributed by atoms with Gasteiger partial charge in [-0.3, -0.25) is 0 Å². The predicted molar refractivity (Wildman–Crippen MR) is 99.6 cm³/mol. The van der Waals surface area contributed by atoms with Gasteiger partial charge in [0.1, 0.15) is 12.1 Å². The van der Waals surface area contributed by atoms with E-state index in [4.69, 9.17) is 0 Å². The summed E-state index contributed by atoms with van der Waals surface area (Å²) in [6, 6.07) is 6.26. The Kier molecular flexibility index (Phi) is 4.24. The van der Waals surface area contributed by atoms with Gasteiger partial charge in [-0.15, -0.1) is 0 Å². The zero-order valence-corrected chi connectivity index (χ0v) is 15.2. The Bertz CT molecular complexity index is 872. The van der Waals surface area contributed by atoms with Gasteiger partial charge in [0.2, 0.25) is 10.0 Å². The van der Waals surface area contributed by atoms with Crippen LogP contribution in [-0.4, -0.2) is 68.2 Å². The number of fused-ring (bicyclic) bond motifs is 1. The SMILES string of the molecule is CS(=O)(=O)N1CCN(c2ccc3ncnc(N4CCCC4)c3c2)CC1. The quantitative estimate of drug-likeness (QED) is 0.821. The number of piperazine rings is 1. The molecule has 0 radical (unpaired) electrons. The second-order valence-electron chi connectivity index (χ2n) is 6.74. The number of hydrogen-bond acceptors (Lipinski definition) is 6. The minimum Gasteiger partial charge on any atom is -0.369 e. The lowest BCUT2D eigenvalue weighted by molar-refractivity contribution is 0.388. The first-order valence-electron chi connectivity index (χ1n) is 8.72. The standard InChI is InChI=1S/C17H23N5O2S/c1-25(23,24)22-10-8-20(9-11-22)14-4-5-16-15(12-14)17(19-13-18-16)21-6-2-3-7-21/h4-5,12-13H,2-3,6-11H2,1H3. The van der Waals surface area contributed by atoms with Crippen molar-refractivity contribution in [1.82, 2.24) is 14.3 Å². The van der Waals surface area contributed by atoms with Gasteiger partial charge < -0.3 is 9.80 Å². The van der Waals surface area contributed by atoms with Gasteiger partial charge in [0.05, 0.1) is 11.8 Å². The van der Waals surface area contributed by atoms with Crippen LogP contribution in [0.2, 0.25) is 0 Å². The fourth-order valence-electron chi connectivity index (χ4n) is 3.69. The Morgan fingerprint density at radius 1 is 0.920 bits per heavy atom. The highest BCUT2D eigenvalue weighted by Gasteiger charge is 2.24. The molecule has 2 aromatic rings. The topological polar surface area (TPSA) is 69.6 Å². The molecule has 1 aromatic heterocycles. The van der Waals surface area contributed by atoms with Crippen molar-refractivity contribution in [3.63, 3.8) is 0 Å². The first kappa shape index (κ1) is 16.5. The van der Waals surface area contributed by atoms with E-state index in [0.717, 1.165) is 35.5 Å².